The van der Waals surface area contributed by atoms with Crippen LogP contribution in [0.4, 0.5) is 4.79 Å². The van der Waals surface area contributed by atoms with E-state index in [1.807, 2.05) is 25.1 Å². The Morgan fingerprint density at radius 2 is 1.92 bits per heavy atom. The van der Waals surface area contributed by atoms with Crippen molar-refractivity contribution in [1.82, 2.24) is 9.80 Å². The fourth-order valence-corrected chi connectivity index (χ4v) is 4.49. The van der Waals surface area contributed by atoms with Gasteiger partial charge in [-0.1, -0.05) is 30.3 Å². The predicted molar refractivity (Wildman–Crippen MR) is 96.4 cm³/mol. The number of nitrogens with zero attached hydrogens (tertiary/aromatic N) is 3. The van der Waals surface area contributed by atoms with Crippen molar-refractivity contribution in [3.8, 4) is 6.07 Å². The molecule has 1 aromatic carbocycles. The molecule has 1 saturated carbocycles. The van der Waals surface area contributed by atoms with E-state index < -0.39 is 6.09 Å². The monoisotopic (exact) mass is 341 g/mol. The number of benzene rings is 1. The third-order valence-electron chi connectivity index (χ3n) is 5.99. The smallest absolute Gasteiger partial charge is 0.407 e. The van der Waals surface area contributed by atoms with Gasteiger partial charge in [-0.2, -0.15) is 5.26 Å². The first kappa shape index (κ1) is 17.8. The van der Waals surface area contributed by atoms with Gasteiger partial charge in [-0.25, -0.2) is 4.79 Å². The molecular weight excluding hydrogens is 314 g/mol. The third-order valence-corrected chi connectivity index (χ3v) is 5.99. The summed E-state index contributed by atoms with van der Waals surface area (Å²) in [5.74, 6) is 0. The molecular formula is C20H27N3O2. The topological polar surface area (TPSA) is 67.6 Å². The highest BCUT2D eigenvalue weighted by atomic mass is 16.4. The second kappa shape index (κ2) is 7.45. The highest BCUT2D eigenvalue weighted by Crippen LogP contribution is 2.40. The van der Waals surface area contributed by atoms with Gasteiger partial charge in [0.2, 0.25) is 0 Å². The molecule has 0 aromatic heterocycles. The van der Waals surface area contributed by atoms with E-state index in [1.54, 1.807) is 4.90 Å². The lowest BCUT2D eigenvalue weighted by Gasteiger charge is -2.41. The molecule has 0 spiro atoms. The summed E-state index contributed by atoms with van der Waals surface area (Å²) in [7, 11) is 0. The van der Waals surface area contributed by atoms with Crippen molar-refractivity contribution in [3.63, 3.8) is 0 Å². The van der Waals surface area contributed by atoms with Gasteiger partial charge in [-0.05, 0) is 44.6 Å². The molecule has 1 heterocycles. The first-order valence-electron chi connectivity index (χ1n) is 9.26. The number of hydrogen-bond acceptors (Lipinski definition) is 3. The summed E-state index contributed by atoms with van der Waals surface area (Å²) >= 11 is 0. The molecule has 1 unspecified atom stereocenters. The van der Waals surface area contributed by atoms with Crippen molar-refractivity contribution in [3.05, 3.63) is 35.9 Å². The van der Waals surface area contributed by atoms with Crippen molar-refractivity contribution < 1.29 is 9.90 Å². The van der Waals surface area contributed by atoms with Crippen LogP contribution in [0.15, 0.2) is 30.3 Å². The summed E-state index contributed by atoms with van der Waals surface area (Å²) in [6.45, 7) is 4.36. The van der Waals surface area contributed by atoms with Crippen LogP contribution in [0, 0.1) is 11.3 Å². The molecule has 0 radical (unpaired) electrons. The lowest BCUT2D eigenvalue weighted by molar-refractivity contribution is 0.108. The van der Waals surface area contributed by atoms with Crippen LogP contribution in [0.3, 0.4) is 0 Å². The number of rotatable bonds is 2. The van der Waals surface area contributed by atoms with Crippen LogP contribution in [0.5, 0.6) is 0 Å². The molecule has 1 aliphatic carbocycles. The maximum Gasteiger partial charge on any atom is 0.407 e. The molecule has 5 heteroatoms. The summed E-state index contributed by atoms with van der Waals surface area (Å²) < 4.78 is 0. The van der Waals surface area contributed by atoms with E-state index in [-0.39, 0.29) is 11.5 Å². The average Bonchev–Trinajstić information content (AvgIpc) is 2.84. The number of amides is 1. The van der Waals surface area contributed by atoms with Crippen LogP contribution < -0.4 is 0 Å². The molecule has 5 nitrogen and oxygen atoms in total. The molecule has 1 aromatic rings. The Morgan fingerprint density at radius 3 is 2.52 bits per heavy atom. The van der Waals surface area contributed by atoms with E-state index >= 15 is 0 Å². The molecule has 1 amide bonds. The number of nitriles is 1. The molecule has 134 valence electrons. The number of hydrogen-bond donors (Lipinski definition) is 1. The Morgan fingerprint density at radius 1 is 1.24 bits per heavy atom. The quantitative estimate of drug-likeness (QED) is 0.894. The van der Waals surface area contributed by atoms with Crippen molar-refractivity contribution in [2.24, 2.45) is 0 Å². The number of carboxylic acid groups (broad SMARTS) is 1. The van der Waals surface area contributed by atoms with Crippen molar-refractivity contribution in [1.29, 1.82) is 5.26 Å². The highest BCUT2D eigenvalue weighted by molar-refractivity contribution is 5.65. The van der Waals surface area contributed by atoms with Gasteiger partial charge in [0.05, 0.1) is 11.5 Å². The second-order valence-electron chi connectivity index (χ2n) is 7.46. The van der Waals surface area contributed by atoms with E-state index in [2.05, 4.69) is 23.1 Å². The van der Waals surface area contributed by atoms with E-state index in [9.17, 15) is 15.2 Å². The minimum Gasteiger partial charge on any atom is -0.465 e. The molecule has 0 bridgehead atoms. The first-order chi connectivity index (χ1) is 12.1. The number of carbonyl (C=O) groups is 1. The summed E-state index contributed by atoms with van der Waals surface area (Å²) in [5, 5.41) is 19.2. The van der Waals surface area contributed by atoms with Gasteiger partial charge in [0, 0.05) is 31.7 Å². The molecule has 1 aliphatic heterocycles. The fraction of sp³-hybridized carbons (Fsp3) is 0.600. The highest BCUT2D eigenvalue weighted by Gasteiger charge is 2.39. The fourth-order valence-electron chi connectivity index (χ4n) is 4.49. The average molecular weight is 341 g/mol. The molecule has 3 rings (SSSR count). The van der Waals surface area contributed by atoms with Crippen LogP contribution in [0.1, 0.15) is 44.6 Å². The van der Waals surface area contributed by atoms with E-state index in [0.717, 1.165) is 50.8 Å². The maximum absolute atomic E-state index is 11.4. The predicted octanol–water partition coefficient (Wildman–Crippen LogP) is 3.46. The minimum atomic E-state index is -0.814. The van der Waals surface area contributed by atoms with Crippen molar-refractivity contribution in [2.45, 2.75) is 56.5 Å². The zero-order chi connectivity index (χ0) is 17.9. The van der Waals surface area contributed by atoms with Crippen LogP contribution >= 0.6 is 0 Å². The molecule has 1 N–H and O–H groups in total. The minimum absolute atomic E-state index is 0.0248. The van der Waals surface area contributed by atoms with Crippen molar-refractivity contribution >= 4 is 6.09 Å². The third kappa shape index (κ3) is 3.64. The Kier molecular flexibility index (Phi) is 5.29. The van der Waals surface area contributed by atoms with Gasteiger partial charge in [0.15, 0.2) is 0 Å². The van der Waals surface area contributed by atoms with Gasteiger partial charge < -0.3 is 10.0 Å². The molecule has 25 heavy (non-hydrogen) atoms. The summed E-state index contributed by atoms with van der Waals surface area (Å²) in [5.41, 5.74) is 0.778. The second-order valence-corrected chi connectivity index (χ2v) is 7.46. The van der Waals surface area contributed by atoms with Crippen molar-refractivity contribution in [2.75, 3.05) is 19.6 Å². The lowest BCUT2D eigenvalue weighted by Crippen LogP contribution is -2.47. The van der Waals surface area contributed by atoms with Crippen LogP contribution in [-0.4, -0.2) is 52.7 Å². The Balaban J connectivity index is 1.66. The Bertz CT molecular complexity index is 632. The largest absolute Gasteiger partial charge is 0.465 e. The van der Waals surface area contributed by atoms with E-state index in [1.165, 1.54) is 0 Å². The van der Waals surface area contributed by atoms with Gasteiger partial charge in [-0.3, -0.25) is 4.90 Å². The van der Waals surface area contributed by atoms with Gasteiger partial charge >= 0.3 is 6.09 Å². The molecule has 1 saturated heterocycles. The lowest BCUT2D eigenvalue weighted by atomic mass is 9.69. The van der Waals surface area contributed by atoms with Gasteiger partial charge in [0.1, 0.15) is 0 Å². The summed E-state index contributed by atoms with van der Waals surface area (Å²) in [6.07, 6.45) is 3.84. The van der Waals surface area contributed by atoms with Crippen LogP contribution in [0.2, 0.25) is 0 Å². The van der Waals surface area contributed by atoms with E-state index in [4.69, 9.17) is 0 Å². The van der Waals surface area contributed by atoms with Gasteiger partial charge in [-0.15, -0.1) is 0 Å². The van der Waals surface area contributed by atoms with Gasteiger partial charge in [0.25, 0.3) is 0 Å². The zero-order valence-corrected chi connectivity index (χ0v) is 14.9. The maximum atomic E-state index is 11.4. The molecule has 1 atom stereocenters. The SMILES string of the molecule is CC1CN(C2CCC(C#N)(c3ccccc3)CC2)CCCN1C(=O)O. The Hall–Kier alpha value is -2.06. The summed E-state index contributed by atoms with van der Waals surface area (Å²) in [6, 6.07) is 13.2. The first-order valence-corrected chi connectivity index (χ1v) is 9.26. The van der Waals surface area contributed by atoms with Crippen LogP contribution in [0.25, 0.3) is 0 Å². The van der Waals surface area contributed by atoms with Crippen LogP contribution in [-0.2, 0) is 5.41 Å². The summed E-state index contributed by atoms with van der Waals surface area (Å²) in [4.78, 5) is 15.4. The Labute approximate surface area is 149 Å². The molecule has 2 fully saturated rings. The molecule has 2 aliphatic rings. The normalized spacial score (nSPS) is 31.1. The zero-order valence-electron chi connectivity index (χ0n) is 14.9. The van der Waals surface area contributed by atoms with E-state index in [0.29, 0.717) is 12.6 Å². The standard InChI is InChI=1S/C20H27N3O2/c1-16-14-22(12-5-13-23(16)19(24)25)18-8-10-20(15-21,11-9-18)17-6-3-2-4-7-17/h2-4,6-7,16,18H,5,8-14H2,1H3,(H,24,25).